The highest BCUT2D eigenvalue weighted by Gasteiger charge is 2.59. The summed E-state index contributed by atoms with van der Waals surface area (Å²) < 4.78 is 5.84. The fraction of sp³-hybridized carbons (Fsp3) is 0.240. The Bertz CT molecular complexity index is 1190. The molecule has 2 atom stereocenters. The molecule has 32 heavy (non-hydrogen) atoms. The van der Waals surface area contributed by atoms with Gasteiger partial charge in [-0.3, -0.25) is 14.6 Å². The van der Waals surface area contributed by atoms with Gasteiger partial charge >= 0.3 is 0 Å². The predicted molar refractivity (Wildman–Crippen MR) is 121 cm³/mol. The van der Waals surface area contributed by atoms with Gasteiger partial charge in [-0.1, -0.05) is 38.1 Å². The minimum atomic E-state index is -1.64. The van der Waals surface area contributed by atoms with E-state index in [4.69, 9.17) is 10.5 Å². The van der Waals surface area contributed by atoms with E-state index in [2.05, 4.69) is 24.1 Å². The van der Waals surface area contributed by atoms with E-state index in [-0.39, 0.29) is 11.7 Å². The number of carbonyl (C=O) groups excluding carboxylic acids is 2. The number of rotatable bonds is 2. The largest absolute Gasteiger partial charge is 0.457 e. The van der Waals surface area contributed by atoms with Crippen LogP contribution in [-0.4, -0.2) is 28.8 Å². The van der Waals surface area contributed by atoms with Crippen molar-refractivity contribution in [1.82, 2.24) is 10.3 Å². The molecule has 3 aromatic rings. The Labute approximate surface area is 186 Å². The van der Waals surface area contributed by atoms with Crippen LogP contribution in [0.5, 0.6) is 5.75 Å². The van der Waals surface area contributed by atoms with Crippen molar-refractivity contribution in [1.29, 1.82) is 0 Å². The summed E-state index contributed by atoms with van der Waals surface area (Å²) in [6.45, 7) is 4.18. The van der Waals surface area contributed by atoms with Gasteiger partial charge in [-0.2, -0.15) is 0 Å². The number of anilines is 1. The first-order valence-electron chi connectivity index (χ1n) is 10.4. The third-order valence-corrected chi connectivity index (χ3v) is 5.83. The first-order chi connectivity index (χ1) is 15.3. The molecule has 0 radical (unpaired) electrons. The van der Waals surface area contributed by atoms with E-state index in [9.17, 15) is 14.7 Å². The maximum atomic E-state index is 12.8. The zero-order chi connectivity index (χ0) is 23.0. The summed E-state index contributed by atoms with van der Waals surface area (Å²) in [4.78, 5) is 27.4. The Morgan fingerprint density at radius 1 is 1.19 bits per heavy atom. The fourth-order valence-corrected chi connectivity index (χ4v) is 4.14. The molecule has 0 saturated carbocycles. The smallest absolute Gasteiger partial charge is 0.251 e. The lowest BCUT2D eigenvalue weighted by molar-refractivity contribution is -0.134. The van der Waals surface area contributed by atoms with E-state index in [0.29, 0.717) is 34.0 Å². The number of hydrogen-bond acceptors (Lipinski definition) is 6. The Morgan fingerprint density at radius 2 is 1.91 bits per heavy atom. The summed E-state index contributed by atoms with van der Waals surface area (Å²) in [5.74, 6) is -1.69. The number of ether oxygens (including phenoxy) is 1. The Balaban J connectivity index is 0.000000207. The fourth-order valence-electron chi connectivity index (χ4n) is 4.14. The van der Waals surface area contributed by atoms with Gasteiger partial charge in [0.05, 0.1) is 5.56 Å². The van der Waals surface area contributed by atoms with E-state index in [1.165, 1.54) is 0 Å². The number of fused-ring (bicyclic) bond motifs is 5. The van der Waals surface area contributed by atoms with Gasteiger partial charge in [0, 0.05) is 41.8 Å². The number of nitrogens with zero attached hydrogens (tertiary/aromatic N) is 1. The molecule has 0 bridgehead atoms. The van der Waals surface area contributed by atoms with Crippen molar-refractivity contribution in [2.24, 2.45) is 0 Å². The number of nitrogens with one attached hydrogen (secondary N) is 1. The van der Waals surface area contributed by atoms with E-state index in [1.807, 2.05) is 18.2 Å². The number of pyridine rings is 1. The predicted octanol–water partition coefficient (Wildman–Crippen LogP) is 3.35. The number of hydrogen-bond donors (Lipinski definition) is 3. The van der Waals surface area contributed by atoms with Crippen LogP contribution in [0.3, 0.4) is 0 Å². The number of amides is 1. The maximum absolute atomic E-state index is 12.8. The number of ketones is 1. The zero-order valence-electron chi connectivity index (χ0n) is 18.1. The van der Waals surface area contributed by atoms with Gasteiger partial charge in [0.15, 0.2) is 5.78 Å². The average Bonchev–Trinajstić information content (AvgIpc) is 3.22. The molecule has 1 aliphatic carbocycles. The van der Waals surface area contributed by atoms with Crippen LogP contribution in [0.1, 0.15) is 63.1 Å². The van der Waals surface area contributed by atoms with Crippen LogP contribution < -0.4 is 15.8 Å². The SMILES string of the molecule is CC(C)c1ccc2c(c1)OC1(O)c3cccc(N)c3C(=O)C21.CNC(=O)c1ccncc1. The van der Waals surface area contributed by atoms with E-state index in [1.54, 1.807) is 49.8 Å². The lowest BCUT2D eigenvalue weighted by Gasteiger charge is -2.22. The molecule has 0 spiro atoms. The van der Waals surface area contributed by atoms with E-state index in [0.717, 1.165) is 11.1 Å². The Kier molecular flexibility index (Phi) is 5.44. The molecule has 0 saturated heterocycles. The molecule has 1 amide bonds. The van der Waals surface area contributed by atoms with E-state index < -0.39 is 11.7 Å². The van der Waals surface area contributed by atoms with Gasteiger partial charge in [-0.15, -0.1) is 0 Å². The molecular weight excluding hydrogens is 406 g/mol. The van der Waals surface area contributed by atoms with Gasteiger partial charge in [-0.25, -0.2) is 0 Å². The minimum absolute atomic E-state index is 0.0811. The molecule has 0 fully saturated rings. The maximum Gasteiger partial charge on any atom is 0.251 e. The van der Waals surface area contributed by atoms with Gasteiger partial charge in [0.1, 0.15) is 11.7 Å². The topological polar surface area (TPSA) is 115 Å². The highest BCUT2D eigenvalue weighted by molar-refractivity contribution is 6.11. The number of carbonyl (C=O) groups is 2. The van der Waals surface area contributed by atoms with E-state index >= 15 is 0 Å². The Morgan fingerprint density at radius 3 is 2.56 bits per heavy atom. The highest BCUT2D eigenvalue weighted by Crippen LogP contribution is 2.56. The van der Waals surface area contributed by atoms with Gasteiger partial charge in [0.25, 0.3) is 5.91 Å². The third-order valence-electron chi connectivity index (χ3n) is 5.83. The van der Waals surface area contributed by atoms with Gasteiger partial charge in [0.2, 0.25) is 5.79 Å². The molecule has 7 heteroatoms. The summed E-state index contributed by atoms with van der Waals surface area (Å²) in [5, 5.41) is 13.5. The number of aliphatic hydroxyl groups is 1. The number of nitrogen functional groups attached to an aromatic ring is 1. The Hall–Kier alpha value is -3.71. The van der Waals surface area contributed by atoms with Crippen LogP contribution in [0.15, 0.2) is 60.9 Å². The molecule has 2 unspecified atom stereocenters. The molecule has 2 heterocycles. The molecular formula is C25H25N3O4. The molecule has 2 aliphatic rings. The first kappa shape index (κ1) is 21.5. The number of nitrogens with two attached hydrogens (primary N) is 1. The van der Waals surface area contributed by atoms with Crippen LogP contribution in [0, 0.1) is 0 Å². The monoisotopic (exact) mass is 431 g/mol. The second kappa shape index (κ2) is 8.09. The standard InChI is InChI=1S/C18H17NO3.C7H8N2O/c1-9(2)10-6-7-11-14(8-10)22-18(21)12-4-3-5-13(19)15(12)17(20)16(11)18;1-8-7(10)6-2-4-9-5-3-6/h3-9,16,21H,19H2,1-2H3;2-5H,1H3,(H,8,10). The molecule has 5 rings (SSSR count). The van der Waals surface area contributed by atoms with Crippen molar-refractivity contribution < 1.29 is 19.4 Å². The molecule has 2 aromatic carbocycles. The molecule has 7 nitrogen and oxygen atoms in total. The number of aromatic nitrogens is 1. The average molecular weight is 431 g/mol. The molecule has 164 valence electrons. The lowest BCUT2D eigenvalue weighted by Crippen LogP contribution is -2.32. The van der Waals surface area contributed by atoms with Crippen LogP contribution in [0.2, 0.25) is 0 Å². The third kappa shape index (κ3) is 3.40. The molecule has 4 N–H and O–H groups in total. The van der Waals surface area contributed by atoms with Gasteiger partial charge < -0.3 is 20.9 Å². The van der Waals surface area contributed by atoms with Crippen LogP contribution in [0.25, 0.3) is 0 Å². The number of Topliss-reactive ketones (excluding diaryl/α,β-unsaturated/α-hetero) is 1. The van der Waals surface area contributed by atoms with Crippen LogP contribution >= 0.6 is 0 Å². The first-order valence-corrected chi connectivity index (χ1v) is 10.4. The van der Waals surface area contributed by atoms with Crippen molar-refractivity contribution in [2.45, 2.75) is 31.5 Å². The van der Waals surface area contributed by atoms with Gasteiger partial charge in [-0.05, 0) is 35.7 Å². The summed E-state index contributed by atoms with van der Waals surface area (Å²) in [5.41, 5.74) is 9.63. The van der Waals surface area contributed by atoms with Crippen molar-refractivity contribution in [3.8, 4) is 5.75 Å². The van der Waals surface area contributed by atoms with Crippen LogP contribution in [0.4, 0.5) is 5.69 Å². The van der Waals surface area contributed by atoms with Crippen molar-refractivity contribution in [2.75, 3.05) is 12.8 Å². The van der Waals surface area contributed by atoms with Crippen molar-refractivity contribution in [3.63, 3.8) is 0 Å². The minimum Gasteiger partial charge on any atom is -0.457 e. The summed E-state index contributed by atoms with van der Waals surface area (Å²) in [7, 11) is 1.60. The summed E-state index contributed by atoms with van der Waals surface area (Å²) in [6.07, 6.45) is 3.18. The normalized spacial score (nSPS) is 19.9. The quantitative estimate of drug-likeness (QED) is 0.536. The van der Waals surface area contributed by atoms with Crippen LogP contribution in [-0.2, 0) is 5.79 Å². The number of benzene rings is 2. The lowest BCUT2D eigenvalue weighted by atomic mass is 9.91. The second-order valence-electron chi connectivity index (χ2n) is 8.13. The zero-order valence-corrected chi connectivity index (χ0v) is 18.1. The van der Waals surface area contributed by atoms with Crippen molar-refractivity contribution in [3.05, 3.63) is 88.7 Å². The second-order valence-corrected chi connectivity index (χ2v) is 8.13. The highest BCUT2D eigenvalue weighted by atomic mass is 16.6. The summed E-state index contributed by atoms with van der Waals surface area (Å²) >= 11 is 0. The molecule has 1 aromatic heterocycles. The van der Waals surface area contributed by atoms with Crippen molar-refractivity contribution >= 4 is 17.4 Å². The molecule has 1 aliphatic heterocycles. The summed E-state index contributed by atoms with van der Waals surface area (Å²) in [6, 6.07) is 14.2.